The van der Waals surface area contributed by atoms with E-state index in [1.54, 1.807) is 24.3 Å². The SMILES string of the molecule is O=C(O)C(=O)C=C(O)c1ccc(-c2ccccc2)cc1. The number of carbonyl (C=O) groups excluding carboxylic acids is 1. The Bertz CT molecular complexity index is 655. The predicted molar refractivity (Wildman–Crippen MR) is 75.1 cm³/mol. The second-order valence-corrected chi connectivity index (χ2v) is 4.14. The molecule has 0 aromatic heterocycles. The smallest absolute Gasteiger partial charge is 0.376 e. The van der Waals surface area contributed by atoms with Crippen molar-refractivity contribution in [3.8, 4) is 11.1 Å². The molecule has 4 nitrogen and oxygen atoms in total. The molecule has 0 bridgehead atoms. The van der Waals surface area contributed by atoms with Crippen molar-refractivity contribution in [2.24, 2.45) is 0 Å². The molecule has 2 N–H and O–H groups in total. The summed E-state index contributed by atoms with van der Waals surface area (Å²) in [6.07, 6.45) is 0.694. The normalized spacial score (nSPS) is 11.1. The van der Waals surface area contributed by atoms with Gasteiger partial charge in [-0.25, -0.2) is 4.79 Å². The molecule has 20 heavy (non-hydrogen) atoms. The number of aliphatic hydroxyl groups excluding tert-OH is 1. The van der Waals surface area contributed by atoms with Gasteiger partial charge in [0.1, 0.15) is 5.76 Å². The fraction of sp³-hybridized carbons (Fsp3) is 0. The van der Waals surface area contributed by atoms with Gasteiger partial charge in [0, 0.05) is 11.6 Å². The van der Waals surface area contributed by atoms with E-state index in [2.05, 4.69) is 0 Å². The van der Waals surface area contributed by atoms with Crippen LogP contribution in [-0.2, 0) is 9.59 Å². The van der Waals surface area contributed by atoms with Crippen LogP contribution in [0, 0.1) is 0 Å². The van der Waals surface area contributed by atoms with Crippen molar-refractivity contribution in [3.05, 3.63) is 66.2 Å². The van der Waals surface area contributed by atoms with Crippen molar-refractivity contribution >= 4 is 17.5 Å². The molecule has 2 rings (SSSR count). The summed E-state index contributed by atoms with van der Waals surface area (Å²) < 4.78 is 0. The van der Waals surface area contributed by atoms with Crippen LogP contribution in [0.15, 0.2) is 60.7 Å². The van der Waals surface area contributed by atoms with Gasteiger partial charge in [0.25, 0.3) is 5.78 Å². The van der Waals surface area contributed by atoms with E-state index in [-0.39, 0.29) is 5.76 Å². The zero-order chi connectivity index (χ0) is 14.5. The Morgan fingerprint density at radius 1 is 0.800 bits per heavy atom. The van der Waals surface area contributed by atoms with E-state index in [4.69, 9.17) is 5.11 Å². The number of aliphatic carboxylic acids is 1. The number of aliphatic hydroxyl groups is 1. The van der Waals surface area contributed by atoms with Crippen LogP contribution in [0.2, 0.25) is 0 Å². The minimum Gasteiger partial charge on any atom is -0.507 e. The molecule has 0 fully saturated rings. The van der Waals surface area contributed by atoms with Gasteiger partial charge < -0.3 is 10.2 Å². The summed E-state index contributed by atoms with van der Waals surface area (Å²) in [5, 5.41) is 18.1. The number of benzene rings is 2. The van der Waals surface area contributed by atoms with Crippen LogP contribution in [0.25, 0.3) is 16.9 Å². The summed E-state index contributed by atoms with van der Waals surface area (Å²) in [5.41, 5.74) is 2.38. The summed E-state index contributed by atoms with van der Waals surface area (Å²) in [5.74, 6) is -3.12. The van der Waals surface area contributed by atoms with Crippen molar-refractivity contribution in [2.45, 2.75) is 0 Å². The molecule has 4 heteroatoms. The van der Waals surface area contributed by atoms with Gasteiger partial charge >= 0.3 is 5.97 Å². The second-order valence-electron chi connectivity index (χ2n) is 4.14. The molecule has 0 radical (unpaired) electrons. The van der Waals surface area contributed by atoms with Gasteiger partial charge in [-0.2, -0.15) is 0 Å². The van der Waals surface area contributed by atoms with Crippen molar-refractivity contribution in [1.29, 1.82) is 0 Å². The number of rotatable bonds is 4. The molecule has 2 aromatic carbocycles. The summed E-state index contributed by atoms with van der Waals surface area (Å²) in [4.78, 5) is 21.4. The standard InChI is InChI=1S/C16H12O4/c17-14(10-15(18)16(19)20)13-8-6-12(7-9-13)11-4-2-1-3-5-11/h1-10,17H,(H,19,20). The molecule has 0 saturated carbocycles. The Kier molecular flexibility index (Phi) is 3.96. The van der Waals surface area contributed by atoms with Crippen LogP contribution in [0.3, 0.4) is 0 Å². The molecule has 0 aliphatic rings. The molecule has 2 aromatic rings. The Hall–Kier alpha value is -2.88. The third-order valence-electron chi connectivity index (χ3n) is 2.77. The van der Waals surface area contributed by atoms with Crippen molar-refractivity contribution in [2.75, 3.05) is 0 Å². The summed E-state index contributed by atoms with van der Waals surface area (Å²) >= 11 is 0. The highest BCUT2D eigenvalue weighted by Crippen LogP contribution is 2.21. The Morgan fingerprint density at radius 2 is 1.35 bits per heavy atom. The lowest BCUT2D eigenvalue weighted by molar-refractivity contribution is -0.146. The predicted octanol–water partition coefficient (Wildman–Crippen LogP) is 2.91. The molecule has 0 atom stereocenters. The zero-order valence-electron chi connectivity index (χ0n) is 10.5. The third kappa shape index (κ3) is 3.11. The lowest BCUT2D eigenvalue weighted by atomic mass is 10.0. The van der Waals surface area contributed by atoms with E-state index in [0.29, 0.717) is 11.6 Å². The second kappa shape index (κ2) is 5.84. The molecule has 0 amide bonds. The van der Waals surface area contributed by atoms with Crippen LogP contribution < -0.4 is 0 Å². The van der Waals surface area contributed by atoms with Crippen molar-refractivity contribution in [1.82, 2.24) is 0 Å². The lowest BCUT2D eigenvalue weighted by Gasteiger charge is -2.03. The number of carboxylic acids is 1. The van der Waals surface area contributed by atoms with Gasteiger partial charge in [-0.3, -0.25) is 4.79 Å². The molecule has 0 spiro atoms. The molecule has 0 unspecified atom stereocenters. The quantitative estimate of drug-likeness (QED) is 0.508. The Morgan fingerprint density at radius 3 is 1.90 bits per heavy atom. The summed E-state index contributed by atoms with van der Waals surface area (Å²) in [7, 11) is 0. The first kappa shape index (κ1) is 13.5. The van der Waals surface area contributed by atoms with Crippen LogP contribution in [0.5, 0.6) is 0 Å². The number of hydrogen-bond donors (Lipinski definition) is 2. The van der Waals surface area contributed by atoms with Crippen molar-refractivity contribution < 1.29 is 19.8 Å². The molecule has 0 saturated heterocycles. The van der Waals surface area contributed by atoms with Crippen LogP contribution >= 0.6 is 0 Å². The fourth-order valence-electron chi connectivity index (χ4n) is 1.73. The first-order chi connectivity index (χ1) is 9.58. The highest BCUT2D eigenvalue weighted by atomic mass is 16.4. The van der Waals surface area contributed by atoms with Crippen LogP contribution in [-0.4, -0.2) is 22.0 Å². The van der Waals surface area contributed by atoms with E-state index in [1.165, 1.54) is 0 Å². The first-order valence-corrected chi connectivity index (χ1v) is 5.91. The number of carboxylic acid groups (broad SMARTS) is 1. The maximum absolute atomic E-state index is 11.0. The largest absolute Gasteiger partial charge is 0.507 e. The maximum atomic E-state index is 11.0. The molecule has 0 heterocycles. The van der Waals surface area contributed by atoms with Gasteiger partial charge in [0.15, 0.2) is 0 Å². The zero-order valence-corrected chi connectivity index (χ0v) is 10.5. The minimum atomic E-state index is -1.60. The topological polar surface area (TPSA) is 74.6 Å². The van der Waals surface area contributed by atoms with E-state index in [1.807, 2.05) is 30.3 Å². The monoisotopic (exact) mass is 268 g/mol. The maximum Gasteiger partial charge on any atom is 0.376 e. The van der Waals surface area contributed by atoms with E-state index >= 15 is 0 Å². The highest BCUT2D eigenvalue weighted by molar-refractivity contribution is 6.38. The van der Waals surface area contributed by atoms with E-state index in [0.717, 1.165) is 11.1 Å². The number of hydrogen-bond acceptors (Lipinski definition) is 3. The average molecular weight is 268 g/mol. The molecule has 0 aliphatic heterocycles. The highest BCUT2D eigenvalue weighted by Gasteiger charge is 2.10. The average Bonchev–Trinajstić information content (AvgIpc) is 2.48. The van der Waals surface area contributed by atoms with Gasteiger partial charge in [0.2, 0.25) is 0 Å². The third-order valence-corrected chi connectivity index (χ3v) is 2.77. The summed E-state index contributed by atoms with van der Waals surface area (Å²) in [6.45, 7) is 0. The fourth-order valence-corrected chi connectivity index (χ4v) is 1.73. The summed E-state index contributed by atoms with van der Waals surface area (Å²) in [6, 6.07) is 16.5. The van der Waals surface area contributed by atoms with Gasteiger partial charge in [-0.05, 0) is 11.1 Å². The van der Waals surface area contributed by atoms with Gasteiger partial charge in [-0.1, -0.05) is 54.6 Å². The lowest BCUT2D eigenvalue weighted by Crippen LogP contribution is -2.09. The molecule has 0 aliphatic carbocycles. The number of carbonyl (C=O) groups is 2. The van der Waals surface area contributed by atoms with E-state index in [9.17, 15) is 14.7 Å². The minimum absolute atomic E-state index is 0.364. The molecular weight excluding hydrogens is 256 g/mol. The Balaban J connectivity index is 2.25. The molecule has 100 valence electrons. The van der Waals surface area contributed by atoms with Gasteiger partial charge in [-0.15, -0.1) is 0 Å². The van der Waals surface area contributed by atoms with Crippen LogP contribution in [0.1, 0.15) is 5.56 Å². The van der Waals surface area contributed by atoms with Crippen LogP contribution in [0.4, 0.5) is 0 Å². The van der Waals surface area contributed by atoms with E-state index < -0.39 is 11.8 Å². The Labute approximate surface area is 115 Å². The molecular formula is C16H12O4. The number of ketones is 1. The van der Waals surface area contributed by atoms with Gasteiger partial charge in [0.05, 0.1) is 0 Å². The first-order valence-electron chi connectivity index (χ1n) is 5.91. The van der Waals surface area contributed by atoms with Crippen molar-refractivity contribution in [3.63, 3.8) is 0 Å².